The van der Waals surface area contributed by atoms with Crippen LogP contribution in [0.15, 0.2) is 57.0 Å². The quantitative estimate of drug-likeness (QED) is 0.110. The number of carboxylic acid groups (broad SMARTS) is 2. The molecule has 0 saturated carbocycles. The summed E-state index contributed by atoms with van der Waals surface area (Å²) in [5.74, 6) is -3.72. The molecule has 5 heterocycles. The third kappa shape index (κ3) is 5.07. The van der Waals surface area contributed by atoms with Crippen LogP contribution in [-0.2, 0) is 30.6 Å². The van der Waals surface area contributed by atoms with E-state index in [-0.39, 0.29) is 23.1 Å². The zero-order valence-corrected chi connectivity index (χ0v) is 22.9. The Hall–Kier alpha value is -3.96. The van der Waals surface area contributed by atoms with Gasteiger partial charge in [-0.2, -0.15) is 0 Å². The van der Waals surface area contributed by atoms with Crippen LogP contribution >= 0.6 is 39.0 Å². The van der Waals surface area contributed by atoms with Crippen molar-refractivity contribution in [1.29, 1.82) is 0 Å². The van der Waals surface area contributed by atoms with Crippen LogP contribution in [0, 0.1) is 0 Å². The number of oxime groups is 1. The molecule has 5 rings (SSSR count). The zero-order chi connectivity index (χ0) is 27.8. The number of nitrogens with zero attached hydrogens (tertiary/aromatic N) is 5. The maximum Gasteiger partial charge on any atom is 0.352 e. The van der Waals surface area contributed by atoms with Crippen LogP contribution in [0.25, 0.3) is 5.65 Å². The van der Waals surface area contributed by atoms with E-state index in [2.05, 4.69) is 31.4 Å². The van der Waals surface area contributed by atoms with Gasteiger partial charge in [0, 0.05) is 17.4 Å². The number of rotatable bonds is 9. The third-order valence-corrected chi connectivity index (χ3v) is 8.73. The van der Waals surface area contributed by atoms with Gasteiger partial charge in [0.25, 0.3) is 17.5 Å². The summed E-state index contributed by atoms with van der Waals surface area (Å²) in [5.41, 5.74) is 6.60. The molecule has 14 nitrogen and oxygen atoms in total. The standard InChI is InChI=1S/C22H18BrN7O7S2/c23-17-13(26-22(24)39-17)14(27-37-8-12(31)32)18(33)25-15-19(34)30-16(21(35)36)10(9-38-20(15)30)7-29-6-5-28-4-2-1-3-11(28)29/h1-6,15,20H,7-9H2,(H4-,24,25,26,31,32,33,35,36)/p+1/b27-14-/t15-,20+/m1/s1. The Bertz CT molecular complexity index is 1580. The lowest BCUT2D eigenvalue weighted by atomic mass is 10.0. The number of nitrogens with two attached hydrogens (primary N) is 1. The molecule has 5 N–H and O–H groups in total. The second kappa shape index (κ2) is 10.7. The number of amides is 2. The van der Waals surface area contributed by atoms with Gasteiger partial charge in [0.1, 0.15) is 45.5 Å². The fraction of sp³-hybridized carbons (Fsp3) is 0.227. The van der Waals surface area contributed by atoms with Gasteiger partial charge < -0.3 is 26.1 Å². The Labute approximate surface area is 235 Å². The normalized spacial score (nSPS) is 19.1. The van der Waals surface area contributed by atoms with Crippen molar-refractivity contribution in [2.75, 3.05) is 18.1 Å². The fourth-order valence-corrected chi connectivity index (χ4v) is 6.88. The van der Waals surface area contributed by atoms with E-state index >= 15 is 0 Å². The molecule has 1 fully saturated rings. The molecular formula is C22H19BrN7O7S2+. The van der Waals surface area contributed by atoms with Gasteiger partial charge in [-0.05, 0) is 22.0 Å². The molecule has 39 heavy (non-hydrogen) atoms. The van der Waals surface area contributed by atoms with Crippen LogP contribution in [0.4, 0.5) is 5.13 Å². The van der Waals surface area contributed by atoms with Crippen molar-refractivity contribution < 1.29 is 38.8 Å². The molecule has 0 aromatic carbocycles. The lowest BCUT2D eigenvalue weighted by molar-refractivity contribution is -0.662. The molecule has 3 aromatic heterocycles. The number of carbonyl (C=O) groups is 4. The average Bonchev–Trinajstić information content (AvgIpc) is 3.46. The second-order valence-electron chi connectivity index (χ2n) is 8.29. The van der Waals surface area contributed by atoms with Crippen LogP contribution < -0.4 is 15.6 Å². The highest BCUT2D eigenvalue weighted by Gasteiger charge is 2.54. The molecule has 3 aromatic rings. The minimum atomic E-state index is -1.31. The number of hydrogen-bond donors (Lipinski definition) is 4. The summed E-state index contributed by atoms with van der Waals surface area (Å²) in [6, 6.07) is 4.59. The van der Waals surface area contributed by atoms with Crippen molar-refractivity contribution >= 4 is 79.3 Å². The Kier molecular flexibility index (Phi) is 7.28. The Morgan fingerprint density at radius 3 is 2.79 bits per heavy atom. The number of fused-ring (bicyclic) bond motifs is 2. The SMILES string of the molecule is Nc1nc(/C(=N/OCC(=O)O)C(=O)N[C@@H]2C(=O)N3C(C(=O)O)=C(C[n+]4ccn5ccccc54)CS[C@@H]23)c(Br)s1. The molecule has 0 radical (unpaired) electrons. The van der Waals surface area contributed by atoms with E-state index in [9.17, 15) is 24.3 Å². The van der Waals surface area contributed by atoms with Gasteiger partial charge in [0.05, 0.1) is 6.20 Å². The Morgan fingerprint density at radius 2 is 2.10 bits per heavy atom. The van der Waals surface area contributed by atoms with Crippen LogP contribution in [0.5, 0.6) is 0 Å². The van der Waals surface area contributed by atoms with Gasteiger partial charge in [0.2, 0.25) is 6.61 Å². The van der Waals surface area contributed by atoms with E-state index < -0.39 is 47.5 Å². The van der Waals surface area contributed by atoms with Gasteiger partial charge >= 0.3 is 11.9 Å². The Balaban J connectivity index is 1.37. The minimum absolute atomic E-state index is 0.00513. The predicted molar refractivity (Wildman–Crippen MR) is 142 cm³/mol. The second-order valence-corrected chi connectivity index (χ2v) is 11.7. The first-order chi connectivity index (χ1) is 18.7. The van der Waals surface area contributed by atoms with Crippen molar-refractivity contribution in [1.82, 2.24) is 19.6 Å². The van der Waals surface area contributed by atoms with E-state index in [4.69, 9.17) is 15.7 Å². The highest BCUT2D eigenvalue weighted by Crippen LogP contribution is 2.40. The summed E-state index contributed by atoms with van der Waals surface area (Å²) >= 11 is 5.56. The van der Waals surface area contributed by atoms with Crippen molar-refractivity contribution in [3.63, 3.8) is 0 Å². The number of thioether (sulfide) groups is 1. The molecule has 202 valence electrons. The number of aliphatic carboxylic acids is 2. The molecule has 2 aliphatic heterocycles. The van der Waals surface area contributed by atoms with Gasteiger partial charge in [-0.15, -0.1) is 11.8 Å². The summed E-state index contributed by atoms with van der Waals surface area (Å²) in [6.45, 7) is -0.549. The first kappa shape index (κ1) is 26.6. The molecule has 0 unspecified atom stereocenters. The third-order valence-electron chi connectivity index (χ3n) is 5.85. The average molecular weight is 637 g/mol. The largest absolute Gasteiger partial charge is 0.479 e. The molecule has 1 saturated heterocycles. The van der Waals surface area contributed by atoms with Crippen LogP contribution in [0.3, 0.4) is 0 Å². The van der Waals surface area contributed by atoms with E-state index in [1.807, 2.05) is 45.8 Å². The molecular weight excluding hydrogens is 618 g/mol. The van der Waals surface area contributed by atoms with Crippen molar-refractivity contribution in [3.05, 3.63) is 57.5 Å². The van der Waals surface area contributed by atoms with Gasteiger partial charge in [0.15, 0.2) is 10.8 Å². The fourth-order valence-electron chi connectivity index (χ4n) is 4.21. The zero-order valence-electron chi connectivity index (χ0n) is 19.7. The summed E-state index contributed by atoms with van der Waals surface area (Å²) in [7, 11) is 0. The van der Waals surface area contributed by atoms with Crippen molar-refractivity contribution in [2.45, 2.75) is 18.0 Å². The molecule has 2 aliphatic rings. The number of carbonyl (C=O) groups excluding carboxylic acids is 2. The number of halogens is 1. The van der Waals surface area contributed by atoms with Crippen molar-refractivity contribution in [2.24, 2.45) is 5.16 Å². The van der Waals surface area contributed by atoms with Gasteiger partial charge in [-0.25, -0.2) is 23.5 Å². The van der Waals surface area contributed by atoms with Crippen LogP contribution in [-0.4, -0.2) is 77.7 Å². The number of nitrogen functional groups attached to an aromatic ring is 1. The first-order valence-corrected chi connectivity index (χ1v) is 13.8. The monoisotopic (exact) mass is 636 g/mol. The van der Waals surface area contributed by atoms with Crippen molar-refractivity contribution in [3.8, 4) is 0 Å². The Morgan fingerprint density at radius 1 is 1.31 bits per heavy atom. The number of thiazole rings is 1. The maximum atomic E-state index is 13.1. The van der Waals surface area contributed by atoms with E-state index in [0.29, 0.717) is 15.1 Å². The first-order valence-electron chi connectivity index (χ1n) is 11.2. The number of imidazole rings is 1. The topological polar surface area (TPSA) is 193 Å². The minimum Gasteiger partial charge on any atom is -0.479 e. The number of aromatic nitrogens is 3. The van der Waals surface area contributed by atoms with Crippen LogP contribution in [0.2, 0.25) is 0 Å². The lowest BCUT2D eigenvalue weighted by Gasteiger charge is -2.49. The molecule has 2 amide bonds. The number of pyridine rings is 1. The summed E-state index contributed by atoms with van der Waals surface area (Å²) in [5, 5.41) is 24.4. The highest BCUT2D eigenvalue weighted by molar-refractivity contribution is 9.11. The lowest BCUT2D eigenvalue weighted by Crippen LogP contribution is -2.71. The predicted octanol–water partition coefficient (Wildman–Crippen LogP) is 0.272. The highest BCUT2D eigenvalue weighted by atomic mass is 79.9. The van der Waals surface area contributed by atoms with E-state index in [1.165, 1.54) is 16.7 Å². The maximum absolute atomic E-state index is 13.1. The number of carboxylic acids is 2. The number of β-lactam (4-membered cyclic amide) rings is 1. The number of hydrogen-bond acceptors (Lipinski definition) is 10. The molecule has 2 atom stereocenters. The molecule has 0 spiro atoms. The molecule has 0 bridgehead atoms. The number of anilines is 1. The molecule has 17 heteroatoms. The summed E-state index contributed by atoms with van der Waals surface area (Å²) < 4.78 is 4.13. The van der Waals surface area contributed by atoms with Gasteiger partial charge in [-0.3, -0.25) is 14.5 Å². The van der Waals surface area contributed by atoms with Gasteiger partial charge in [-0.1, -0.05) is 22.6 Å². The van der Waals surface area contributed by atoms with E-state index in [0.717, 1.165) is 17.0 Å². The number of nitrogens with one attached hydrogen (secondary N) is 1. The summed E-state index contributed by atoms with van der Waals surface area (Å²) in [4.78, 5) is 59.3. The smallest absolute Gasteiger partial charge is 0.352 e. The van der Waals surface area contributed by atoms with Crippen LogP contribution in [0.1, 0.15) is 5.69 Å². The molecule has 0 aliphatic carbocycles. The summed E-state index contributed by atoms with van der Waals surface area (Å²) in [6.07, 6.45) is 5.55. The van der Waals surface area contributed by atoms with E-state index in [1.54, 1.807) is 0 Å².